The summed E-state index contributed by atoms with van der Waals surface area (Å²) < 4.78 is 27.9. The molecule has 2 rings (SSSR count). The summed E-state index contributed by atoms with van der Waals surface area (Å²) in [5.74, 6) is -1.54. The van der Waals surface area contributed by atoms with Crippen LogP contribution in [0.25, 0.3) is 0 Å². The van der Waals surface area contributed by atoms with Gasteiger partial charge in [0.2, 0.25) is 0 Å². The van der Waals surface area contributed by atoms with Crippen molar-refractivity contribution in [1.82, 2.24) is 9.78 Å². The second-order valence-corrected chi connectivity index (χ2v) is 4.57. The number of carbonyl (C=O) groups is 1. The first-order chi connectivity index (χ1) is 9.53. The van der Waals surface area contributed by atoms with Gasteiger partial charge in [-0.2, -0.15) is 5.10 Å². The molecule has 0 saturated carbocycles. The van der Waals surface area contributed by atoms with Gasteiger partial charge in [0.1, 0.15) is 17.3 Å². The molecule has 1 aromatic carbocycles. The molecule has 106 valence electrons. The molecule has 0 atom stereocenters. The smallest absolute Gasteiger partial charge is 0.185 e. The number of hydrogen-bond donors (Lipinski definition) is 0. The maximum Gasteiger partial charge on any atom is 0.185 e. The quantitative estimate of drug-likeness (QED) is 0.787. The number of aromatic nitrogens is 2. The SMILES string of the molecule is CCc1cc(C(=O)Cc2cc(F)cc(F)c2)n(CC)n1. The maximum atomic E-state index is 13.1. The number of halogens is 2. The molecule has 3 nitrogen and oxygen atoms in total. The van der Waals surface area contributed by atoms with Crippen LogP contribution < -0.4 is 0 Å². The Hall–Kier alpha value is -2.04. The predicted octanol–water partition coefficient (Wildman–Crippen LogP) is 3.17. The molecule has 0 aliphatic carbocycles. The standard InChI is InChI=1S/C15H16F2N2O/c1-3-13-9-14(19(4-2)18-13)15(20)7-10-5-11(16)8-12(17)6-10/h5-6,8-9H,3-4,7H2,1-2H3. The van der Waals surface area contributed by atoms with Crippen LogP contribution in [0.15, 0.2) is 24.3 Å². The molecule has 0 radical (unpaired) electrons. The van der Waals surface area contributed by atoms with E-state index in [9.17, 15) is 13.6 Å². The Kier molecular flexibility index (Phi) is 4.27. The molecule has 0 N–H and O–H groups in total. The Morgan fingerprint density at radius 1 is 1.15 bits per heavy atom. The summed E-state index contributed by atoms with van der Waals surface area (Å²) in [5, 5.41) is 4.29. The van der Waals surface area contributed by atoms with Gasteiger partial charge in [-0.15, -0.1) is 0 Å². The fraction of sp³-hybridized carbons (Fsp3) is 0.333. The first-order valence-electron chi connectivity index (χ1n) is 6.58. The van der Waals surface area contributed by atoms with Gasteiger partial charge in [0, 0.05) is 19.0 Å². The largest absolute Gasteiger partial charge is 0.292 e. The van der Waals surface area contributed by atoms with Crippen LogP contribution in [0.1, 0.15) is 35.6 Å². The van der Waals surface area contributed by atoms with Crippen molar-refractivity contribution in [3.8, 4) is 0 Å². The van der Waals surface area contributed by atoms with Gasteiger partial charge < -0.3 is 0 Å². The Bertz CT molecular complexity index is 615. The van der Waals surface area contributed by atoms with Gasteiger partial charge in [0.25, 0.3) is 0 Å². The van der Waals surface area contributed by atoms with Crippen LogP contribution in [0.5, 0.6) is 0 Å². The molecule has 0 fully saturated rings. The number of hydrogen-bond acceptors (Lipinski definition) is 2. The van der Waals surface area contributed by atoms with Crippen LogP contribution in [0.4, 0.5) is 8.78 Å². The summed E-state index contributed by atoms with van der Waals surface area (Å²) >= 11 is 0. The molecular weight excluding hydrogens is 262 g/mol. The summed E-state index contributed by atoms with van der Waals surface area (Å²) in [6, 6.07) is 4.88. The minimum absolute atomic E-state index is 0.0382. The van der Waals surface area contributed by atoms with Gasteiger partial charge in [-0.25, -0.2) is 8.78 Å². The highest BCUT2D eigenvalue weighted by atomic mass is 19.1. The lowest BCUT2D eigenvalue weighted by molar-refractivity contribution is 0.0982. The van der Waals surface area contributed by atoms with Crippen LogP contribution in [0, 0.1) is 11.6 Å². The van der Waals surface area contributed by atoms with Gasteiger partial charge in [-0.1, -0.05) is 6.92 Å². The molecule has 0 saturated heterocycles. The van der Waals surface area contributed by atoms with Gasteiger partial charge >= 0.3 is 0 Å². The lowest BCUT2D eigenvalue weighted by Crippen LogP contribution is -2.12. The van der Waals surface area contributed by atoms with Gasteiger partial charge in [-0.05, 0) is 37.1 Å². The van der Waals surface area contributed by atoms with Crippen molar-refractivity contribution < 1.29 is 13.6 Å². The van der Waals surface area contributed by atoms with E-state index < -0.39 is 11.6 Å². The highest BCUT2D eigenvalue weighted by Crippen LogP contribution is 2.13. The monoisotopic (exact) mass is 278 g/mol. The first-order valence-corrected chi connectivity index (χ1v) is 6.58. The second kappa shape index (κ2) is 5.94. The average molecular weight is 278 g/mol. The summed E-state index contributed by atoms with van der Waals surface area (Å²) in [7, 11) is 0. The summed E-state index contributed by atoms with van der Waals surface area (Å²) in [5.41, 5.74) is 1.64. The van der Waals surface area contributed by atoms with Crippen LogP contribution in [-0.2, 0) is 19.4 Å². The molecule has 0 bridgehead atoms. The molecule has 2 aromatic rings. The van der Waals surface area contributed by atoms with E-state index in [1.165, 1.54) is 12.1 Å². The van der Waals surface area contributed by atoms with E-state index in [2.05, 4.69) is 5.10 Å². The molecule has 20 heavy (non-hydrogen) atoms. The van der Waals surface area contributed by atoms with Crippen molar-refractivity contribution in [2.24, 2.45) is 0 Å². The Morgan fingerprint density at radius 2 is 1.80 bits per heavy atom. The zero-order chi connectivity index (χ0) is 14.7. The fourth-order valence-corrected chi connectivity index (χ4v) is 2.10. The van der Waals surface area contributed by atoms with E-state index in [1.54, 1.807) is 10.7 Å². The molecule has 1 aromatic heterocycles. The van der Waals surface area contributed by atoms with Crippen LogP contribution in [0.2, 0.25) is 0 Å². The molecular formula is C15H16F2N2O. The molecule has 0 aliphatic heterocycles. The van der Waals surface area contributed by atoms with Crippen molar-refractivity contribution >= 4 is 5.78 Å². The Balaban J connectivity index is 2.25. The summed E-state index contributed by atoms with van der Waals surface area (Å²) in [4.78, 5) is 12.2. The normalized spacial score (nSPS) is 10.8. The van der Waals surface area contributed by atoms with Crippen molar-refractivity contribution in [3.05, 3.63) is 52.9 Å². The van der Waals surface area contributed by atoms with Gasteiger partial charge in [-0.3, -0.25) is 9.48 Å². The van der Waals surface area contributed by atoms with Crippen LogP contribution >= 0.6 is 0 Å². The van der Waals surface area contributed by atoms with Crippen molar-refractivity contribution in [2.75, 3.05) is 0 Å². The summed E-state index contributed by atoms with van der Waals surface area (Å²) in [6.07, 6.45) is 0.700. The molecule has 0 spiro atoms. The second-order valence-electron chi connectivity index (χ2n) is 4.57. The number of ketones is 1. The third-order valence-corrected chi connectivity index (χ3v) is 3.07. The predicted molar refractivity (Wildman–Crippen MR) is 71.7 cm³/mol. The third kappa shape index (κ3) is 3.10. The van der Waals surface area contributed by atoms with Crippen LogP contribution in [-0.4, -0.2) is 15.6 Å². The van der Waals surface area contributed by atoms with E-state index in [0.29, 0.717) is 17.8 Å². The Morgan fingerprint density at radius 3 is 2.35 bits per heavy atom. The number of rotatable bonds is 5. The number of Topliss-reactive ketones (excluding diaryl/α,β-unsaturated/α-hetero) is 1. The number of carbonyl (C=O) groups excluding carboxylic acids is 1. The van der Waals surface area contributed by atoms with Gasteiger partial charge in [0.05, 0.1) is 5.69 Å². The average Bonchev–Trinajstić information content (AvgIpc) is 2.80. The van der Waals surface area contributed by atoms with Crippen LogP contribution in [0.3, 0.4) is 0 Å². The molecule has 0 amide bonds. The van der Waals surface area contributed by atoms with E-state index in [0.717, 1.165) is 18.2 Å². The minimum atomic E-state index is -0.675. The van der Waals surface area contributed by atoms with E-state index in [1.807, 2.05) is 13.8 Å². The zero-order valence-electron chi connectivity index (χ0n) is 11.5. The maximum absolute atomic E-state index is 13.1. The van der Waals surface area contributed by atoms with Crippen molar-refractivity contribution in [1.29, 1.82) is 0 Å². The van der Waals surface area contributed by atoms with E-state index in [4.69, 9.17) is 0 Å². The lowest BCUT2D eigenvalue weighted by atomic mass is 10.1. The highest BCUT2D eigenvalue weighted by molar-refractivity contribution is 5.96. The van der Waals surface area contributed by atoms with E-state index >= 15 is 0 Å². The van der Waals surface area contributed by atoms with Crippen molar-refractivity contribution in [3.63, 3.8) is 0 Å². The lowest BCUT2D eigenvalue weighted by Gasteiger charge is -2.04. The topological polar surface area (TPSA) is 34.9 Å². The molecule has 0 aliphatic rings. The van der Waals surface area contributed by atoms with Gasteiger partial charge in [0.15, 0.2) is 5.78 Å². The number of benzene rings is 1. The fourth-order valence-electron chi connectivity index (χ4n) is 2.10. The highest BCUT2D eigenvalue weighted by Gasteiger charge is 2.15. The zero-order valence-corrected chi connectivity index (χ0v) is 11.5. The third-order valence-electron chi connectivity index (χ3n) is 3.07. The van der Waals surface area contributed by atoms with E-state index in [-0.39, 0.29) is 12.2 Å². The van der Waals surface area contributed by atoms with Crippen molar-refractivity contribution in [2.45, 2.75) is 33.2 Å². The first kappa shape index (κ1) is 14.4. The Labute approximate surface area is 116 Å². The number of aryl methyl sites for hydroxylation is 2. The minimum Gasteiger partial charge on any atom is -0.292 e. The summed E-state index contributed by atoms with van der Waals surface area (Å²) in [6.45, 7) is 4.43. The molecule has 0 unspecified atom stereocenters. The number of nitrogens with zero attached hydrogens (tertiary/aromatic N) is 2. The molecule has 1 heterocycles. The molecule has 5 heteroatoms.